The molecule has 3 aromatic rings. The predicted molar refractivity (Wildman–Crippen MR) is 120 cm³/mol. The molecule has 1 heterocycles. The molecule has 0 aliphatic carbocycles. The molecule has 0 spiro atoms. The van der Waals surface area contributed by atoms with Crippen molar-refractivity contribution in [2.24, 2.45) is 5.41 Å². The SMILES string of the molecule is Cc1c(CNC(=O)C(C)(C)C)ccc(Cl)c1-c1nc(-c2ccc(C(F)(F)F)cc2)nc(=O)[nH]1. The van der Waals surface area contributed by atoms with Gasteiger partial charge in [-0.15, -0.1) is 0 Å². The third-order valence-corrected chi connectivity index (χ3v) is 5.32. The zero-order chi connectivity index (χ0) is 24.6. The highest BCUT2D eigenvalue weighted by Gasteiger charge is 2.30. The third kappa shape index (κ3) is 5.60. The van der Waals surface area contributed by atoms with Crippen LogP contribution in [0.3, 0.4) is 0 Å². The Bertz CT molecular complexity index is 1250. The molecular formula is C23H22ClF3N4O2. The molecule has 0 unspecified atom stereocenters. The fourth-order valence-electron chi connectivity index (χ4n) is 3.08. The normalized spacial score (nSPS) is 12.0. The minimum absolute atomic E-state index is 0.0376. The van der Waals surface area contributed by atoms with E-state index in [4.69, 9.17) is 11.6 Å². The number of carbonyl (C=O) groups excluding carboxylic acids is 1. The minimum Gasteiger partial charge on any atom is -0.352 e. The molecule has 0 atom stereocenters. The number of H-pyrrole nitrogens is 1. The fourth-order valence-corrected chi connectivity index (χ4v) is 3.38. The van der Waals surface area contributed by atoms with Crippen molar-refractivity contribution in [1.82, 2.24) is 20.3 Å². The maximum absolute atomic E-state index is 12.8. The number of aromatic amines is 1. The van der Waals surface area contributed by atoms with Crippen molar-refractivity contribution in [2.45, 2.75) is 40.4 Å². The van der Waals surface area contributed by atoms with Gasteiger partial charge in [-0.2, -0.15) is 18.2 Å². The predicted octanol–water partition coefficient (Wildman–Crippen LogP) is 5.14. The van der Waals surface area contributed by atoms with Gasteiger partial charge in [0, 0.05) is 23.1 Å². The van der Waals surface area contributed by atoms with Gasteiger partial charge in [-0.05, 0) is 36.2 Å². The number of amides is 1. The van der Waals surface area contributed by atoms with Gasteiger partial charge in [0.15, 0.2) is 5.82 Å². The van der Waals surface area contributed by atoms with E-state index in [1.54, 1.807) is 39.8 Å². The molecule has 0 saturated heterocycles. The van der Waals surface area contributed by atoms with Crippen molar-refractivity contribution < 1.29 is 18.0 Å². The number of rotatable bonds is 4. The van der Waals surface area contributed by atoms with Gasteiger partial charge in [0.05, 0.1) is 10.6 Å². The number of alkyl halides is 3. The Morgan fingerprint density at radius 3 is 2.27 bits per heavy atom. The molecule has 174 valence electrons. The third-order valence-electron chi connectivity index (χ3n) is 5.00. The van der Waals surface area contributed by atoms with Crippen LogP contribution in [0.25, 0.3) is 22.8 Å². The highest BCUT2D eigenvalue weighted by molar-refractivity contribution is 6.33. The van der Waals surface area contributed by atoms with Gasteiger partial charge in [0.1, 0.15) is 5.82 Å². The number of hydrogen-bond donors (Lipinski definition) is 2. The van der Waals surface area contributed by atoms with E-state index in [0.717, 1.165) is 17.7 Å². The Morgan fingerprint density at radius 1 is 1.06 bits per heavy atom. The van der Waals surface area contributed by atoms with Gasteiger partial charge < -0.3 is 5.32 Å². The van der Waals surface area contributed by atoms with Crippen molar-refractivity contribution in [3.8, 4) is 22.8 Å². The zero-order valence-electron chi connectivity index (χ0n) is 18.4. The summed E-state index contributed by atoms with van der Waals surface area (Å²) in [6, 6.07) is 7.59. The Morgan fingerprint density at radius 2 is 1.70 bits per heavy atom. The second-order valence-corrected chi connectivity index (χ2v) is 8.95. The molecule has 2 aromatic carbocycles. The molecule has 0 aliphatic heterocycles. The Kier molecular flexibility index (Phi) is 6.65. The van der Waals surface area contributed by atoms with Crippen LogP contribution in [-0.4, -0.2) is 20.9 Å². The molecule has 10 heteroatoms. The van der Waals surface area contributed by atoms with E-state index in [9.17, 15) is 22.8 Å². The van der Waals surface area contributed by atoms with E-state index < -0.39 is 22.8 Å². The van der Waals surface area contributed by atoms with Gasteiger partial charge in [0.2, 0.25) is 5.91 Å². The van der Waals surface area contributed by atoms with Crippen LogP contribution in [0.4, 0.5) is 13.2 Å². The summed E-state index contributed by atoms with van der Waals surface area (Å²) in [4.78, 5) is 35.1. The molecule has 0 radical (unpaired) electrons. The number of benzene rings is 2. The van der Waals surface area contributed by atoms with E-state index in [0.29, 0.717) is 16.1 Å². The van der Waals surface area contributed by atoms with E-state index in [2.05, 4.69) is 20.3 Å². The summed E-state index contributed by atoms with van der Waals surface area (Å²) in [5.41, 5.74) is 0.0333. The van der Waals surface area contributed by atoms with Gasteiger partial charge in [0.25, 0.3) is 0 Å². The lowest BCUT2D eigenvalue weighted by Gasteiger charge is -2.19. The average Bonchev–Trinajstić information content (AvgIpc) is 2.71. The molecule has 0 fully saturated rings. The maximum Gasteiger partial charge on any atom is 0.416 e. The Hall–Kier alpha value is -3.20. The molecule has 0 bridgehead atoms. The number of halogens is 4. The van der Waals surface area contributed by atoms with Gasteiger partial charge >= 0.3 is 11.9 Å². The zero-order valence-corrected chi connectivity index (χ0v) is 19.1. The summed E-state index contributed by atoms with van der Waals surface area (Å²) < 4.78 is 38.5. The number of nitrogens with zero attached hydrogens (tertiary/aromatic N) is 2. The van der Waals surface area contributed by atoms with Crippen molar-refractivity contribution in [1.29, 1.82) is 0 Å². The minimum atomic E-state index is -4.48. The molecule has 1 aromatic heterocycles. The summed E-state index contributed by atoms with van der Waals surface area (Å²) >= 11 is 6.40. The standard InChI is InChI=1S/C23H22ClF3N4O2/c1-12-14(11-28-20(32)22(2,3)4)7-10-16(24)17(12)19-29-18(30-21(33)31-19)13-5-8-15(9-6-13)23(25,26)27/h5-10H,11H2,1-4H3,(H,28,32)(H,29,30,31,33). The van der Waals surface area contributed by atoms with Crippen molar-refractivity contribution in [2.75, 3.05) is 0 Å². The van der Waals surface area contributed by atoms with Gasteiger partial charge in [-0.25, -0.2) is 9.78 Å². The summed E-state index contributed by atoms with van der Waals surface area (Å²) in [5, 5.41) is 3.18. The monoisotopic (exact) mass is 478 g/mol. The lowest BCUT2D eigenvalue weighted by atomic mass is 9.95. The van der Waals surface area contributed by atoms with Crippen LogP contribution in [0.1, 0.15) is 37.5 Å². The van der Waals surface area contributed by atoms with E-state index in [1.807, 2.05) is 0 Å². The largest absolute Gasteiger partial charge is 0.416 e. The number of nitrogens with one attached hydrogen (secondary N) is 2. The smallest absolute Gasteiger partial charge is 0.352 e. The van der Waals surface area contributed by atoms with Crippen molar-refractivity contribution >= 4 is 17.5 Å². The van der Waals surface area contributed by atoms with E-state index >= 15 is 0 Å². The lowest BCUT2D eigenvalue weighted by molar-refractivity contribution is -0.137. The van der Waals surface area contributed by atoms with Crippen LogP contribution in [0.15, 0.2) is 41.2 Å². The molecule has 33 heavy (non-hydrogen) atoms. The number of carbonyl (C=O) groups is 1. The fraction of sp³-hybridized carbons (Fsp3) is 0.304. The molecular weight excluding hydrogens is 457 g/mol. The molecule has 3 rings (SSSR count). The molecule has 0 saturated carbocycles. The number of aromatic nitrogens is 3. The van der Waals surface area contributed by atoms with Gasteiger partial charge in [-0.1, -0.05) is 50.6 Å². The molecule has 2 N–H and O–H groups in total. The van der Waals surface area contributed by atoms with E-state index in [-0.39, 0.29) is 29.7 Å². The number of hydrogen-bond acceptors (Lipinski definition) is 4. The topological polar surface area (TPSA) is 87.7 Å². The first-order chi connectivity index (χ1) is 15.3. The van der Waals surface area contributed by atoms with Crippen LogP contribution in [0, 0.1) is 12.3 Å². The first-order valence-electron chi connectivity index (χ1n) is 10.00. The van der Waals surface area contributed by atoms with Crippen LogP contribution < -0.4 is 11.0 Å². The summed E-state index contributed by atoms with van der Waals surface area (Å²) in [7, 11) is 0. The van der Waals surface area contributed by atoms with E-state index in [1.165, 1.54) is 12.1 Å². The average molecular weight is 479 g/mol. The Balaban J connectivity index is 2.01. The van der Waals surface area contributed by atoms with Crippen molar-refractivity contribution in [3.05, 3.63) is 68.6 Å². The quantitative estimate of drug-likeness (QED) is 0.543. The maximum atomic E-state index is 12.8. The van der Waals surface area contributed by atoms with Crippen LogP contribution in [0.2, 0.25) is 5.02 Å². The van der Waals surface area contributed by atoms with Crippen LogP contribution in [-0.2, 0) is 17.5 Å². The summed E-state index contributed by atoms with van der Waals surface area (Å²) in [6.45, 7) is 7.43. The second-order valence-electron chi connectivity index (χ2n) is 8.54. The lowest BCUT2D eigenvalue weighted by Crippen LogP contribution is -2.34. The van der Waals surface area contributed by atoms with Crippen LogP contribution >= 0.6 is 11.6 Å². The first-order valence-corrected chi connectivity index (χ1v) is 10.4. The highest BCUT2D eigenvalue weighted by Crippen LogP contribution is 2.33. The first kappa shape index (κ1) is 24.4. The molecule has 0 aliphatic rings. The summed E-state index contributed by atoms with van der Waals surface area (Å²) in [6.07, 6.45) is -4.48. The summed E-state index contributed by atoms with van der Waals surface area (Å²) in [5.74, 6) is -0.0424. The second kappa shape index (κ2) is 8.97. The van der Waals surface area contributed by atoms with Crippen molar-refractivity contribution in [3.63, 3.8) is 0 Å². The molecule has 6 nitrogen and oxygen atoms in total. The Labute approximate surface area is 193 Å². The molecule has 1 amide bonds. The highest BCUT2D eigenvalue weighted by atomic mass is 35.5. The van der Waals surface area contributed by atoms with Crippen LogP contribution in [0.5, 0.6) is 0 Å². The van der Waals surface area contributed by atoms with Gasteiger partial charge in [-0.3, -0.25) is 9.78 Å².